The van der Waals surface area contributed by atoms with Gasteiger partial charge in [0.2, 0.25) is 0 Å². The van der Waals surface area contributed by atoms with Gasteiger partial charge in [0, 0.05) is 5.56 Å². The van der Waals surface area contributed by atoms with E-state index in [9.17, 15) is 9.59 Å². The lowest BCUT2D eigenvalue weighted by molar-refractivity contribution is -0.146. The van der Waals surface area contributed by atoms with Crippen molar-refractivity contribution in [2.45, 2.75) is 12.5 Å². The van der Waals surface area contributed by atoms with Gasteiger partial charge in [-0.25, -0.2) is 0 Å². The molecule has 3 rings (SSSR count). The van der Waals surface area contributed by atoms with Crippen LogP contribution in [-0.2, 0) is 16.0 Å². The van der Waals surface area contributed by atoms with E-state index in [2.05, 4.69) is 5.32 Å². The van der Waals surface area contributed by atoms with Crippen molar-refractivity contribution in [2.24, 2.45) is 5.92 Å². The predicted octanol–water partition coefficient (Wildman–Crippen LogP) is 4.19. The highest BCUT2D eigenvalue weighted by Gasteiger charge is 2.32. The first kappa shape index (κ1) is 19.4. The Kier molecular flexibility index (Phi) is 6.58. The number of esters is 1. The summed E-state index contributed by atoms with van der Waals surface area (Å²) in [5.74, 6) is -1.13. The second-order valence-corrected chi connectivity index (χ2v) is 6.55. The molecule has 142 valence electrons. The molecular formula is C24H23NO3. The van der Waals surface area contributed by atoms with Gasteiger partial charge in [-0.15, -0.1) is 0 Å². The number of ether oxygens (including phenoxy) is 1. The molecule has 28 heavy (non-hydrogen) atoms. The summed E-state index contributed by atoms with van der Waals surface area (Å²) in [6.45, 7) is 0. The molecule has 1 N–H and O–H groups in total. The van der Waals surface area contributed by atoms with Crippen LogP contribution in [0.3, 0.4) is 0 Å². The van der Waals surface area contributed by atoms with E-state index in [-0.39, 0.29) is 11.9 Å². The van der Waals surface area contributed by atoms with Crippen LogP contribution in [0.5, 0.6) is 0 Å². The van der Waals surface area contributed by atoms with Gasteiger partial charge in [-0.05, 0) is 29.7 Å². The van der Waals surface area contributed by atoms with E-state index < -0.39 is 12.0 Å². The number of methoxy groups -OCH3 is 1. The molecule has 0 aromatic heterocycles. The Morgan fingerprint density at radius 3 is 1.93 bits per heavy atom. The van der Waals surface area contributed by atoms with E-state index in [1.807, 2.05) is 78.9 Å². The summed E-state index contributed by atoms with van der Waals surface area (Å²) in [4.78, 5) is 25.5. The van der Waals surface area contributed by atoms with Gasteiger partial charge in [0.05, 0.1) is 19.1 Å². The number of hydrogen-bond donors (Lipinski definition) is 1. The van der Waals surface area contributed by atoms with Gasteiger partial charge < -0.3 is 10.1 Å². The molecule has 0 spiro atoms. The lowest BCUT2D eigenvalue weighted by Gasteiger charge is -2.27. The van der Waals surface area contributed by atoms with Crippen molar-refractivity contribution in [1.82, 2.24) is 5.32 Å². The molecule has 0 fully saturated rings. The van der Waals surface area contributed by atoms with E-state index in [0.717, 1.165) is 11.1 Å². The first-order valence-electron chi connectivity index (χ1n) is 9.21. The second-order valence-electron chi connectivity index (χ2n) is 6.55. The quantitative estimate of drug-likeness (QED) is 0.632. The fourth-order valence-corrected chi connectivity index (χ4v) is 3.25. The zero-order valence-electron chi connectivity index (χ0n) is 15.7. The Morgan fingerprint density at radius 1 is 0.821 bits per heavy atom. The van der Waals surface area contributed by atoms with Crippen LogP contribution < -0.4 is 5.32 Å². The van der Waals surface area contributed by atoms with Gasteiger partial charge in [-0.1, -0.05) is 78.9 Å². The van der Waals surface area contributed by atoms with Crippen LogP contribution in [0, 0.1) is 5.92 Å². The highest BCUT2D eigenvalue weighted by molar-refractivity contribution is 5.94. The highest BCUT2D eigenvalue weighted by Crippen LogP contribution is 2.27. The predicted molar refractivity (Wildman–Crippen MR) is 109 cm³/mol. The number of amides is 1. The van der Waals surface area contributed by atoms with Crippen molar-refractivity contribution in [2.75, 3.05) is 7.11 Å². The molecule has 0 heterocycles. The summed E-state index contributed by atoms with van der Waals surface area (Å²) in [7, 11) is 1.38. The van der Waals surface area contributed by atoms with Crippen LogP contribution in [0.2, 0.25) is 0 Å². The third-order valence-electron chi connectivity index (χ3n) is 4.69. The summed E-state index contributed by atoms with van der Waals surface area (Å²) < 4.78 is 5.08. The minimum atomic E-state index is -0.553. The molecule has 0 aliphatic heterocycles. The molecule has 0 unspecified atom stereocenters. The van der Waals surface area contributed by atoms with Crippen LogP contribution >= 0.6 is 0 Å². The van der Waals surface area contributed by atoms with E-state index in [4.69, 9.17) is 4.74 Å². The van der Waals surface area contributed by atoms with Gasteiger partial charge in [0.25, 0.3) is 5.91 Å². The zero-order chi connectivity index (χ0) is 19.8. The molecule has 3 aromatic rings. The summed E-state index contributed by atoms with van der Waals surface area (Å²) in [5, 5.41) is 3.05. The maximum absolute atomic E-state index is 12.8. The molecule has 1 amide bonds. The van der Waals surface area contributed by atoms with Crippen molar-refractivity contribution in [1.29, 1.82) is 0 Å². The monoisotopic (exact) mass is 373 g/mol. The Labute approximate surface area is 165 Å². The number of carbonyl (C=O) groups is 2. The summed E-state index contributed by atoms with van der Waals surface area (Å²) in [6, 6.07) is 27.7. The molecular weight excluding hydrogens is 350 g/mol. The first-order chi connectivity index (χ1) is 13.7. The smallest absolute Gasteiger partial charge is 0.311 e. The fraction of sp³-hybridized carbons (Fsp3) is 0.167. The molecule has 4 heteroatoms. The van der Waals surface area contributed by atoms with Crippen molar-refractivity contribution >= 4 is 11.9 Å². The molecule has 0 saturated carbocycles. The lowest BCUT2D eigenvalue weighted by Crippen LogP contribution is -2.38. The Bertz CT molecular complexity index is 895. The lowest BCUT2D eigenvalue weighted by atomic mass is 9.87. The second kappa shape index (κ2) is 9.51. The summed E-state index contributed by atoms with van der Waals surface area (Å²) >= 11 is 0. The standard InChI is InChI=1S/C24H23NO3/c1-28-24(27)21(17-18-11-5-2-6-12-18)22(19-13-7-3-8-14-19)25-23(26)20-15-9-4-10-16-20/h2-16,21-22H,17H2,1H3,(H,25,26)/t21-,22+/m1/s1. The third-order valence-corrected chi connectivity index (χ3v) is 4.69. The number of nitrogens with one attached hydrogen (secondary N) is 1. The van der Waals surface area contributed by atoms with Crippen molar-refractivity contribution in [3.8, 4) is 0 Å². The van der Waals surface area contributed by atoms with Gasteiger partial charge >= 0.3 is 5.97 Å². The Balaban J connectivity index is 1.95. The average Bonchev–Trinajstić information content (AvgIpc) is 2.77. The summed E-state index contributed by atoms with van der Waals surface area (Å²) in [5.41, 5.74) is 2.41. The van der Waals surface area contributed by atoms with Gasteiger partial charge in [0.1, 0.15) is 0 Å². The van der Waals surface area contributed by atoms with Gasteiger partial charge in [-0.3, -0.25) is 9.59 Å². The maximum Gasteiger partial charge on any atom is 0.311 e. The molecule has 0 bridgehead atoms. The van der Waals surface area contributed by atoms with E-state index in [1.165, 1.54) is 7.11 Å². The van der Waals surface area contributed by atoms with Crippen molar-refractivity contribution in [3.63, 3.8) is 0 Å². The fourth-order valence-electron chi connectivity index (χ4n) is 3.25. The molecule has 0 aliphatic carbocycles. The van der Waals surface area contributed by atoms with Crippen molar-refractivity contribution in [3.05, 3.63) is 108 Å². The van der Waals surface area contributed by atoms with Gasteiger partial charge in [-0.2, -0.15) is 0 Å². The Hall–Kier alpha value is -3.40. The number of hydrogen-bond acceptors (Lipinski definition) is 3. The molecule has 0 saturated heterocycles. The maximum atomic E-state index is 12.8. The number of carbonyl (C=O) groups excluding carboxylic acids is 2. The number of benzene rings is 3. The van der Waals surface area contributed by atoms with E-state index >= 15 is 0 Å². The van der Waals surface area contributed by atoms with Crippen LogP contribution in [0.4, 0.5) is 0 Å². The molecule has 2 atom stereocenters. The normalized spacial score (nSPS) is 12.6. The molecule has 4 nitrogen and oxygen atoms in total. The van der Waals surface area contributed by atoms with Gasteiger partial charge in [0.15, 0.2) is 0 Å². The third kappa shape index (κ3) is 4.86. The van der Waals surface area contributed by atoms with Crippen LogP contribution in [0.25, 0.3) is 0 Å². The minimum Gasteiger partial charge on any atom is -0.469 e. The molecule has 3 aromatic carbocycles. The average molecular weight is 373 g/mol. The SMILES string of the molecule is COC(=O)[C@H](Cc1ccccc1)[C@@H](NC(=O)c1ccccc1)c1ccccc1. The molecule has 0 aliphatic rings. The minimum absolute atomic E-state index is 0.226. The van der Waals surface area contributed by atoms with Crippen LogP contribution in [0.1, 0.15) is 27.5 Å². The van der Waals surface area contributed by atoms with E-state index in [0.29, 0.717) is 12.0 Å². The largest absolute Gasteiger partial charge is 0.469 e. The number of rotatable bonds is 7. The van der Waals surface area contributed by atoms with Crippen LogP contribution in [0.15, 0.2) is 91.0 Å². The van der Waals surface area contributed by atoms with Crippen molar-refractivity contribution < 1.29 is 14.3 Å². The van der Waals surface area contributed by atoms with E-state index in [1.54, 1.807) is 12.1 Å². The van der Waals surface area contributed by atoms with Crippen LogP contribution in [-0.4, -0.2) is 19.0 Å². The summed E-state index contributed by atoms with van der Waals surface area (Å²) in [6.07, 6.45) is 0.460. The molecule has 0 radical (unpaired) electrons. The highest BCUT2D eigenvalue weighted by atomic mass is 16.5. The Morgan fingerprint density at radius 2 is 1.36 bits per heavy atom. The topological polar surface area (TPSA) is 55.4 Å². The zero-order valence-corrected chi connectivity index (χ0v) is 15.7. The first-order valence-corrected chi connectivity index (χ1v) is 9.21.